The number of nitrogens with one attached hydrogen (secondary N) is 1. The van der Waals surface area contributed by atoms with E-state index >= 15 is 0 Å². The van der Waals surface area contributed by atoms with Crippen LogP contribution in [0.2, 0.25) is 0 Å². The van der Waals surface area contributed by atoms with E-state index in [2.05, 4.69) is 10.4 Å². The molecule has 1 amide bonds. The van der Waals surface area contributed by atoms with Crippen LogP contribution in [-0.2, 0) is 22.5 Å². The molecule has 0 aliphatic carbocycles. The topological polar surface area (TPSA) is 90.3 Å². The van der Waals surface area contributed by atoms with Crippen LogP contribution in [0.25, 0.3) is 10.8 Å². The molecule has 7 nitrogen and oxygen atoms in total. The minimum Gasteiger partial charge on any atom is -0.451 e. The number of unbranched alkanes of at least 4 members (excludes halogenated alkanes) is 1. The van der Waals surface area contributed by atoms with Crippen LogP contribution in [0.3, 0.4) is 0 Å². The lowest BCUT2D eigenvalue weighted by atomic mass is 10.1. The maximum absolute atomic E-state index is 12.6. The van der Waals surface area contributed by atoms with Crippen molar-refractivity contribution >= 4 is 22.6 Å². The number of amides is 1. The molecule has 0 bridgehead atoms. The number of hydrogen-bond donors (Lipinski definition) is 1. The van der Waals surface area contributed by atoms with Gasteiger partial charge in [0.2, 0.25) is 0 Å². The zero-order chi connectivity index (χ0) is 21.3. The molecule has 0 saturated carbocycles. The molecule has 7 heteroatoms. The molecule has 0 saturated heterocycles. The van der Waals surface area contributed by atoms with E-state index in [0.717, 1.165) is 18.4 Å². The number of benzene rings is 2. The number of aromatic nitrogens is 2. The van der Waals surface area contributed by atoms with Gasteiger partial charge in [0.15, 0.2) is 12.3 Å². The van der Waals surface area contributed by atoms with Crippen LogP contribution in [0, 0.1) is 0 Å². The van der Waals surface area contributed by atoms with Crippen molar-refractivity contribution in [1.29, 1.82) is 0 Å². The van der Waals surface area contributed by atoms with Crippen molar-refractivity contribution in [3.63, 3.8) is 0 Å². The van der Waals surface area contributed by atoms with Crippen LogP contribution in [0.15, 0.2) is 59.4 Å². The predicted molar refractivity (Wildman–Crippen MR) is 114 cm³/mol. The van der Waals surface area contributed by atoms with Crippen LogP contribution in [0.4, 0.5) is 0 Å². The molecule has 2 aromatic carbocycles. The highest BCUT2D eigenvalue weighted by molar-refractivity contribution is 6.02. The molecular formula is C23H25N3O4. The predicted octanol–water partition coefficient (Wildman–Crippen LogP) is 2.71. The van der Waals surface area contributed by atoms with Gasteiger partial charge in [0.05, 0.1) is 5.39 Å². The third-order valence-electron chi connectivity index (χ3n) is 4.70. The Kier molecular flexibility index (Phi) is 7.32. The van der Waals surface area contributed by atoms with E-state index in [0.29, 0.717) is 30.3 Å². The first-order chi connectivity index (χ1) is 14.6. The highest BCUT2D eigenvalue weighted by Crippen LogP contribution is 2.14. The maximum atomic E-state index is 12.6. The summed E-state index contributed by atoms with van der Waals surface area (Å²) in [7, 11) is 0. The van der Waals surface area contributed by atoms with Crippen molar-refractivity contribution in [2.24, 2.45) is 0 Å². The second-order valence-electron chi connectivity index (χ2n) is 6.94. The molecule has 30 heavy (non-hydrogen) atoms. The van der Waals surface area contributed by atoms with Gasteiger partial charge in [0.25, 0.3) is 11.5 Å². The molecule has 0 unspecified atom stereocenters. The molecule has 1 N–H and O–H groups in total. The van der Waals surface area contributed by atoms with Gasteiger partial charge in [0, 0.05) is 18.5 Å². The zero-order valence-electron chi connectivity index (χ0n) is 17.0. The molecular weight excluding hydrogens is 382 g/mol. The molecule has 1 aromatic heterocycles. The van der Waals surface area contributed by atoms with Crippen molar-refractivity contribution < 1.29 is 14.3 Å². The summed E-state index contributed by atoms with van der Waals surface area (Å²) < 4.78 is 6.47. The molecule has 0 atom stereocenters. The lowest BCUT2D eigenvalue weighted by Gasteiger charge is -2.11. The summed E-state index contributed by atoms with van der Waals surface area (Å²) in [5.74, 6) is -1.11. The first-order valence-electron chi connectivity index (χ1n) is 10.1. The van der Waals surface area contributed by atoms with Gasteiger partial charge in [0.1, 0.15) is 0 Å². The van der Waals surface area contributed by atoms with E-state index in [4.69, 9.17) is 4.74 Å². The summed E-state index contributed by atoms with van der Waals surface area (Å²) in [5, 5.41) is 7.77. The normalized spacial score (nSPS) is 10.7. The number of carbonyl (C=O) groups is 2. The minimum atomic E-state index is -0.727. The standard InChI is InChI=1S/C23H25N3O4/c1-2-3-15-26-22(28)19-12-8-7-11-18(19)21(25-26)23(29)30-16-20(27)24-14-13-17-9-5-4-6-10-17/h4-12H,2-3,13-16H2,1H3,(H,24,27). The van der Waals surface area contributed by atoms with Gasteiger partial charge in [-0.3, -0.25) is 9.59 Å². The highest BCUT2D eigenvalue weighted by Gasteiger charge is 2.18. The number of esters is 1. The summed E-state index contributed by atoms with van der Waals surface area (Å²) in [6.07, 6.45) is 2.35. The smallest absolute Gasteiger partial charge is 0.359 e. The average molecular weight is 407 g/mol. The number of rotatable bonds is 9. The molecule has 3 rings (SSSR count). The fraction of sp³-hybridized carbons (Fsp3) is 0.304. The van der Waals surface area contributed by atoms with Gasteiger partial charge in [-0.15, -0.1) is 0 Å². The molecule has 0 spiro atoms. The van der Waals surface area contributed by atoms with E-state index in [-0.39, 0.29) is 17.2 Å². The fourth-order valence-corrected chi connectivity index (χ4v) is 3.09. The van der Waals surface area contributed by atoms with E-state index in [1.54, 1.807) is 24.3 Å². The Morgan fingerprint density at radius 3 is 2.47 bits per heavy atom. The number of hydrogen-bond acceptors (Lipinski definition) is 5. The molecule has 0 fully saturated rings. The number of nitrogens with zero attached hydrogens (tertiary/aromatic N) is 2. The van der Waals surface area contributed by atoms with Gasteiger partial charge in [-0.25, -0.2) is 9.48 Å². The van der Waals surface area contributed by atoms with Crippen molar-refractivity contribution in [3.05, 3.63) is 76.2 Å². The Hall–Kier alpha value is -3.48. The number of aryl methyl sites for hydroxylation is 1. The van der Waals surface area contributed by atoms with Crippen molar-refractivity contribution in [1.82, 2.24) is 15.1 Å². The van der Waals surface area contributed by atoms with Crippen LogP contribution >= 0.6 is 0 Å². The first kappa shape index (κ1) is 21.2. The second-order valence-corrected chi connectivity index (χ2v) is 6.94. The Morgan fingerprint density at radius 2 is 1.73 bits per heavy atom. The fourth-order valence-electron chi connectivity index (χ4n) is 3.09. The van der Waals surface area contributed by atoms with Crippen molar-refractivity contribution in [3.8, 4) is 0 Å². The summed E-state index contributed by atoms with van der Waals surface area (Å²) in [6, 6.07) is 16.6. The first-order valence-corrected chi connectivity index (χ1v) is 10.1. The summed E-state index contributed by atoms with van der Waals surface area (Å²) >= 11 is 0. The van der Waals surface area contributed by atoms with Crippen LogP contribution in [-0.4, -0.2) is 34.8 Å². The number of ether oxygens (including phenoxy) is 1. The van der Waals surface area contributed by atoms with Gasteiger partial charge < -0.3 is 10.1 Å². The third kappa shape index (κ3) is 5.31. The van der Waals surface area contributed by atoms with E-state index < -0.39 is 12.6 Å². The average Bonchev–Trinajstić information content (AvgIpc) is 2.78. The van der Waals surface area contributed by atoms with Gasteiger partial charge in [-0.05, 0) is 24.5 Å². The Labute approximate surface area is 174 Å². The summed E-state index contributed by atoms with van der Waals surface area (Å²) in [6.45, 7) is 2.47. The molecule has 0 aliphatic rings. The molecule has 1 heterocycles. The molecule has 0 aliphatic heterocycles. The van der Waals surface area contributed by atoms with Gasteiger partial charge in [-0.2, -0.15) is 5.10 Å². The SMILES string of the molecule is CCCCn1nc(C(=O)OCC(=O)NCCc2ccccc2)c2ccccc2c1=O. The number of fused-ring (bicyclic) bond motifs is 1. The number of carbonyl (C=O) groups excluding carboxylic acids is 2. The molecule has 0 radical (unpaired) electrons. The van der Waals surface area contributed by atoms with Crippen molar-refractivity contribution in [2.75, 3.05) is 13.2 Å². The van der Waals surface area contributed by atoms with Crippen LogP contribution < -0.4 is 10.9 Å². The Balaban J connectivity index is 1.65. The van der Waals surface area contributed by atoms with Gasteiger partial charge >= 0.3 is 5.97 Å². The minimum absolute atomic E-state index is 0.0402. The summed E-state index contributed by atoms with van der Waals surface area (Å²) in [5.41, 5.74) is 0.910. The zero-order valence-corrected chi connectivity index (χ0v) is 17.0. The maximum Gasteiger partial charge on any atom is 0.359 e. The van der Waals surface area contributed by atoms with Crippen LogP contribution in [0.1, 0.15) is 35.8 Å². The largest absolute Gasteiger partial charge is 0.451 e. The summed E-state index contributed by atoms with van der Waals surface area (Å²) in [4.78, 5) is 37.2. The van der Waals surface area contributed by atoms with E-state index in [1.165, 1.54) is 4.68 Å². The highest BCUT2D eigenvalue weighted by atomic mass is 16.5. The monoisotopic (exact) mass is 407 g/mol. The quantitative estimate of drug-likeness (QED) is 0.551. The lowest BCUT2D eigenvalue weighted by Crippen LogP contribution is -2.31. The Morgan fingerprint density at radius 1 is 1.03 bits per heavy atom. The second kappa shape index (κ2) is 10.3. The Bertz CT molecular complexity index is 1080. The van der Waals surface area contributed by atoms with E-state index in [1.807, 2.05) is 37.3 Å². The van der Waals surface area contributed by atoms with Gasteiger partial charge in [-0.1, -0.05) is 61.9 Å². The third-order valence-corrected chi connectivity index (χ3v) is 4.70. The van der Waals surface area contributed by atoms with E-state index in [9.17, 15) is 14.4 Å². The van der Waals surface area contributed by atoms with Crippen molar-refractivity contribution in [2.45, 2.75) is 32.7 Å². The van der Waals surface area contributed by atoms with Crippen LogP contribution in [0.5, 0.6) is 0 Å². The molecule has 156 valence electrons. The molecule has 3 aromatic rings. The lowest BCUT2D eigenvalue weighted by molar-refractivity contribution is -0.124.